The van der Waals surface area contributed by atoms with Crippen molar-refractivity contribution in [3.8, 4) is 11.1 Å². The van der Waals surface area contributed by atoms with E-state index in [1.165, 1.54) is 0 Å². The van der Waals surface area contributed by atoms with E-state index in [4.69, 9.17) is 33.7 Å². The summed E-state index contributed by atoms with van der Waals surface area (Å²) in [5, 5.41) is 0.871. The Kier molecular flexibility index (Phi) is 4.76. The van der Waals surface area contributed by atoms with Gasteiger partial charge in [0.25, 0.3) is 0 Å². The minimum Gasteiger partial charge on any atom is -0.459 e. The number of hydrogen-bond donors (Lipinski definition) is 1. The molecule has 0 radical (unpaired) electrons. The van der Waals surface area contributed by atoms with Gasteiger partial charge in [0.2, 0.25) is 0 Å². The summed E-state index contributed by atoms with van der Waals surface area (Å²) in [6.07, 6.45) is -0.223. The largest absolute Gasteiger partial charge is 0.459 e. The molecule has 0 aromatic heterocycles. The second-order valence-electron chi connectivity index (χ2n) is 4.85. The molecular formula is C16H15Cl2NO2. The van der Waals surface area contributed by atoms with Gasteiger partial charge >= 0.3 is 5.97 Å². The molecule has 3 nitrogen and oxygen atoms in total. The zero-order chi connectivity index (χ0) is 15.6. The third kappa shape index (κ3) is 3.49. The van der Waals surface area contributed by atoms with Gasteiger partial charge in [0.05, 0.1) is 21.7 Å². The first kappa shape index (κ1) is 15.7. The van der Waals surface area contributed by atoms with Crippen LogP contribution >= 0.6 is 23.2 Å². The highest BCUT2D eigenvalue weighted by Gasteiger charge is 2.19. The summed E-state index contributed by atoms with van der Waals surface area (Å²) < 4.78 is 5.26. The lowest BCUT2D eigenvalue weighted by molar-refractivity contribution is 0.0380. The van der Waals surface area contributed by atoms with Gasteiger partial charge in [0.15, 0.2) is 0 Å². The Morgan fingerprint density at radius 2 is 1.86 bits per heavy atom. The molecule has 0 unspecified atom stereocenters. The molecule has 5 heteroatoms. The van der Waals surface area contributed by atoms with Crippen LogP contribution in [0.2, 0.25) is 10.0 Å². The van der Waals surface area contributed by atoms with Gasteiger partial charge in [-0.2, -0.15) is 0 Å². The van der Waals surface area contributed by atoms with Crippen molar-refractivity contribution >= 4 is 34.9 Å². The normalized spacial score (nSPS) is 10.7. The van der Waals surface area contributed by atoms with Crippen LogP contribution in [-0.2, 0) is 4.74 Å². The van der Waals surface area contributed by atoms with Crippen molar-refractivity contribution < 1.29 is 9.53 Å². The van der Waals surface area contributed by atoms with Crippen LogP contribution in [0, 0.1) is 0 Å². The van der Waals surface area contributed by atoms with Gasteiger partial charge in [-0.3, -0.25) is 0 Å². The summed E-state index contributed by atoms with van der Waals surface area (Å²) in [6.45, 7) is 3.58. The molecule has 2 aromatic carbocycles. The average molecular weight is 324 g/mol. The SMILES string of the molecule is CC(C)OC(=O)c1c(N)cccc1-c1ccc(Cl)c(Cl)c1. The van der Waals surface area contributed by atoms with E-state index in [0.29, 0.717) is 26.9 Å². The first-order chi connectivity index (χ1) is 9.90. The van der Waals surface area contributed by atoms with Gasteiger partial charge < -0.3 is 10.5 Å². The zero-order valence-corrected chi connectivity index (χ0v) is 13.2. The summed E-state index contributed by atoms with van der Waals surface area (Å²) in [4.78, 5) is 12.3. The van der Waals surface area contributed by atoms with E-state index in [-0.39, 0.29) is 6.10 Å². The number of nitrogen functional groups attached to an aromatic ring is 1. The Morgan fingerprint density at radius 3 is 2.48 bits per heavy atom. The standard InChI is InChI=1S/C16H15Cl2NO2/c1-9(2)21-16(20)15-11(4-3-5-14(15)19)10-6-7-12(17)13(18)8-10/h3-9H,19H2,1-2H3. The smallest absolute Gasteiger partial charge is 0.341 e. The first-order valence-electron chi connectivity index (χ1n) is 6.45. The van der Waals surface area contributed by atoms with Crippen molar-refractivity contribution in [2.45, 2.75) is 20.0 Å². The Bertz CT molecular complexity index is 684. The molecule has 0 amide bonds. The Hall–Kier alpha value is -1.71. The number of halogens is 2. The molecular weight excluding hydrogens is 309 g/mol. The molecule has 0 spiro atoms. The topological polar surface area (TPSA) is 52.3 Å². The van der Waals surface area contributed by atoms with Gasteiger partial charge in [0, 0.05) is 5.69 Å². The van der Waals surface area contributed by atoms with Gasteiger partial charge in [-0.15, -0.1) is 0 Å². The number of rotatable bonds is 3. The fourth-order valence-corrected chi connectivity index (χ4v) is 2.27. The van der Waals surface area contributed by atoms with Crippen LogP contribution in [0.4, 0.5) is 5.69 Å². The van der Waals surface area contributed by atoms with Gasteiger partial charge in [-0.05, 0) is 43.2 Å². The van der Waals surface area contributed by atoms with Crippen LogP contribution in [-0.4, -0.2) is 12.1 Å². The molecule has 0 aliphatic carbocycles. The molecule has 0 heterocycles. The molecule has 21 heavy (non-hydrogen) atoms. The molecule has 0 atom stereocenters. The molecule has 0 saturated heterocycles. The fourth-order valence-electron chi connectivity index (χ4n) is 1.98. The molecule has 2 rings (SSSR count). The lowest BCUT2D eigenvalue weighted by atomic mass is 9.98. The number of hydrogen-bond acceptors (Lipinski definition) is 3. The van der Waals surface area contributed by atoms with Crippen LogP contribution in [0.15, 0.2) is 36.4 Å². The number of carbonyl (C=O) groups is 1. The summed E-state index contributed by atoms with van der Waals surface area (Å²) >= 11 is 12.0. The zero-order valence-electron chi connectivity index (χ0n) is 11.7. The average Bonchev–Trinajstić information content (AvgIpc) is 2.40. The van der Waals surface area contributed by atoms with Crippen LogP contribution < -0.4 is 5.73 Å². The number of ether oxygens (including phenoxy) is 1. The maximum absolute atomic E-state index is 12.3. The van der Waals surface area contributed by atoms with Crippen molar-refractivity contribution in [2.24, 2.45) is 0 Å². The van der Waals surface area contributed by atoms with Gasteiger partial charge in [0.1, 0.15) is 0 Å². The highest BCUT2D eigenvalue weighted by atomic mass is 35.5. The van der Waals surface area contributed by atoms with E-state index in [9.17, 15) is 4.79 Å². The Morgan fingerprint density at radius 1 is 1.14 bits per heavy atom. The third-order valence-corrected chi connectivity index (χ3v) is 3.61. The summed E-state index contributed by atoms with van der Waals surface area (Å²) in [5.74, 6) is -0.454. The molecule has 0 bridgehead atoms. The molecule has 0 fully saturated rings. The van der Waals surface area contributed by atoms with Crippen molar-refractivity contribution in [1.29, 1.82) is 0 Å². The molecule has 0 saturated carbocycles. The second-order valence-corrected chi connectivity index (χ2v) is 5.67. The van der Waals surface area contributed by atoms with Crippen LogP contribution in [0.3, 0.4) is 0 Å². The summed E-state index contributed by atoms with van der Waals surface area (Å²) in [7, 11) is 0. The minimum atomic E-state index is -0.454. The van der Waals surface area contributed by atoms with Crippen molar-refractivity contribution in [1.82, 2.24) is 0 Å². The third-order valence-electron chi connectivity index (χ3n) is 2.87. The van der Waals surface area contributed by atoms with E-state index in [1.54, 1.807) is 50.2 Å². The van der Waals surface area contributed by atoms with E-state index in [0.717, 1.165) is 5.56 Å². The van der Waals surface area contributed by atoms with Gasteiger partial charge in [-0.1, -0.05) is 41.4 Å². The minimum absolute atomic E-state index is 0.223. The van der Waals surface area contributed by atoms with E-state index in [2.05, 4.69) is 0 Å². The van der Waals surface area contributed by atoms with Crippen LogP contribution in [0.5, 0.6) is 0 Å². The summed E-state index contributed by atoms with van der Waals surface area (Å²) in [6, 6.07) is 10.4. The van der Waals surface area contributed by atoms with E-state index >= 15 is 0 Å². The van der Waals surface area contributed by atoms with Crippen molar-refractivity contribution in [3.63, 3.8) is 0 Å². The van der Waals surface area contributed by atoms with Crippen molar-refractivity contribution in [2.75, 3.05) is 5.73 Å². The summed E-state index contributed by atoms with van der Waals surface area (Å²) in [5.41, 5.74) is 8.07. The Balaban J connectivity index is 2.56. The highest BCUT2D eigenvalue weighted by molar-refractivity contribution is 6.42. The monoisotopic (exact) mass is 323 g/mol. The number of esters is 1. The molecule has 0 aliphatic heterocycles. The number of carbonyl (C=O) groups excluding carboxylic acids is 1. The predicted molar refractivity (Wildman–Crippen MR) is 86.9 cm³/mol. The molecule has 2 aromatic rings. The Labute approximate surface area is 133 Å². The predicted octanol–water partition coefficient (Wildman–Crippen LogP) is 4.81. The lowest BCUT2D eigenvalue weighted by Crippen LogP contribution is -2.14. The molecule has 110 valence electrons. The highest BCUT2D eigenvalue weighted by Crippen LogP contribution is 2.33. The number of anilines is 1. The lowest BCUT2D eigenvalue weighted by Gasteiger charge is -2.14. The van der Waals surface area contributed by atoms with Crippen LogP contribution in [0.25, 0.3) is 11.1 Å². The second kappa shape index (κ2) is 6.37. The fraction of sp³-hybridized carbons (Fsp3) is 0.188. The van der Waals surface area contributed by atoms with E-state index in [1.807, 2.05) is 0 Å². The maximum atomic E-state index is 12.3. The molecule has 0 aliphatic rings. The van der Waals surface area contributed by atoms with Gasteiger partial charge in [-0.25, -0.2) is 4.79 Å². The van der Waals surface area contributed by atoms with E-state index < -0.39 is 5.97 Å². The maximum Gasteiger partial charge on any atom is 0.341 e. The molecule has 2 N–H and O–H groups in total. The number of benzene rings is 2. The number of nitrogens with two attached hydrogens (primary N) is 1. The van der Waals surface area contributed by atoms with Crippen LogP contribution in [0.1, 0.15) is 24.2 Å². The first-order valence-corrected chi connectivity index (χ1v) is 7.20. The quantitative estimate of drug-likeness (QED) is 0.651. The van der Waals surface area contributed by atoms with Crippen molar-refractivity contribution in [3.05, 3.63) is 52.0 Å².